The van der Waals surface area contributed by atoms with Crippen molar-refractivity contribution in [2.24, 2.45) is 30.0 Å². The van der Waals surface area contributed by atoms with Crippen molar-refractivity contribution in [1.29, 1.82) is 0 Å². The summed E-state index contributed by atoms with van der Waals surface area (Å²) in [6.07, 6.45) is 3.98. The average molecular weight is 547 g/mol. The second-order valence-corrected chi connectivity index (χ2v) is 10.5. The summed E-state index contributed by atoms with van der Waals surface area (Å²) < 4.78 is 0. The lowest BCUT2D eigenvalue weighted by atomic mass is 10.1. The summed E-state index contributed by atoms with van der Waals surface area (Å²) in [5.74, 6) is 5.00. The van der Waals surface area contributed by atoms with Gasteiger partial charge in [-0.1, -0.05) is 57.4 Å². The molecule has 10 heteroatoms. The molecule has 8 bridgehead atoms. The second kappa shape index (κ2) is 8.31. The largest absolute Gasteiger partial charge is 0.345 e. The van der Waals surface area contributed by atoms with Crippen LogP contribution in [0.2, 0.25) is 0 Å². The van der Waals surface area contributed by atoms with Gasteiger partial charge in [-0.05, 0) is 30.3 Å². The number of rotatable bonds is 0. The molecule has 6 aliphatic heterocycles. The van der Waals surface area contributed by atoms with Gasteiger partial charge in [0.25, 0.3) is 29.2 Å². The van der Waals surface area contributed by atoms with Crippen LogP contribution < -0.4 is 9.98 Å². The smallest absolute Gasteiger partial charge is 0.272 e. The average Bonchev–Trinajstić information content (AvgIpc) is 3.75. The Morgan fingerprint density at radius 2 is 0.833 bits per heavy atom. The van der Waals surface area contributed by atoms with Gasteiger partial charge in [0.05, 0.1) is 22.3 Å². The zero-order valence-electron chi connectivity index (χ0n) is 22.7. The molecule has 6 heterocycles. The molecular weight excluding hydrogens is 524 g/mol. The van der Waals surface area contributed by atoms with Crippen LogP contribution >= 0.6 is 0 Å². The highest BCUT2D eigenvalue weighted by Gasteiger charge is 2.38. The van der Waals surface area contributed by atoms with Gasteiger partial charge in [-0.15, -0.1) is 0 Å². The Kier molecular flexibility index (Phi) is 4.52. The maximum Gasteiger partial charge on any atom is 0.272 e. The number of amidine groups is 8. The van der Waals surface area contributed by atoms with E-state index in [0.717, 1.165) is 44.8 Å². The highest BCUT2D eigenvalue weighted by atomic mass is 15.3. The van der Waals surface area contributed by atoms with Crippen LogP contribution in [-0.2, 0) is 0 Å². The molecule has 3 aromatic carbocycles. The molecule has 10 nitrogen and oxygen atoms in total. The molecule has 0 atom stereocenters. The maximum absolute atomic E-state index is 5.08. The van der Waals surface area contributed by atoms with Crippen molar-refractivity contribution in [3.63, 3.8) is 0 Å². The van der Waals surface area contributed by atoms with Crippen molar-refractivity contribution in [2.45, 2.75) is 0 Å². The number of benzene rings is 3. The van der Waals surface area contributed by atoms with Gasteiger partial charge in [0.15, 0.2) is 11.7 Å². The third-order valence-electron chi connectivity index (χ3n) is 7.92. The summed E-state index contributed by atoms with van der Waals surface area (Å²) in [5, 5.41) is 0. The fourth-order valence-corrected chi connectivity index (χ4v) is 5.90. The van der Waals surface area contributed by atoms with E-state index < -0.39 is 0 Å². The Balaban J connectivity index is 1.36. The van der Waals surface area contributed by atoms with Crippen LogP contribution in [0.15, 0.2) is 127 Å². The molecule has 42 heavy (non-hydrogen) atoms. The molecule has 0 saturated carbocycles. The number of nitrogens with zero attached hydrogens (tertiary/aromatic N) is 8. The fourth-order valence-electron chi connectivity index (χ4n) is 5.90. The molecule has 198 valence electrons. The first kappa shape index (κ1) is 22.9. The van der Waals surface area contributed by atoms with Gasteiger partial charge in [-0.3, -0.25) is 0 Å². The van der Waals surface area contributed by atoms with Gasteiger partial charge in [-0.2, -0.15) is 9.98 Å². The minimum Gasteiger partial charge on any atom is -0.345 e. The molecule has 0 aromatic heterocycles. The SMILES string of the molecule is CN1C=CN(C)C2=C1C1=NC2=NC2=[NH+]C(=NC3=[NH+]C(=NC4=NC(=N1)c1ccccc14)c1ccccc13)c1ccccc12. The van der Waals surface area contributed by atoms with Crippen LogP contribution in [0.3, 0.4) is 0 Å². The Morgan fingerprint density at radius 1 is 0.429 bits per heavy atom. The lowest BCUT2D eigenvalue weighted by Crippen LogP contribution is -2.77. The van der Waals surface area contributed by atoms with E-state index in [0.29, 0.717) is 46.7 Å². The molecule has 0 spiro atoms. The van der Waals surface area contributed by atoms with E-state index in [1.54, 1.807) is 0 Å². The number of nitrogens with one attached hydrogen (secondary N) is 2. The lowest BCUT2D eigenvalue weighted by molar-refractivity contribution is -0.317. The van der Waals surface area contributed by atoms with Gasteiger partial charge in [-0.25, -0.2) is 15.0 Å². The predicted molar refractivity (Wildman–Crippen MR) is 162 cm³/mol. The molecular formula is C32H22N10+2. The molecule has 0 amide bonds. The van der Waals surface area contributed by atoms with Crippen molar-refractivity contribution in [1.82, 2.24) is 9.80 Å². The van der Waals surface area contributed by atoms with Gasteiger partial charge < -0.3 is 9.80 Å². The summed E-state index contributed by atoms with van der Waals surface area (Å²) >= 11 is 0. The second-order valence-electron chi connectivity index (χ2n) is 10.5. The zero-order chi connectivity index (χ0) is 27.9. The fraction of sp³-hybridized carbons (Fsp3) is 0.0625. The predicted octanol–water partition coefficient (Wildman–Crippen LogP) is 0.153. The number of fused-ring (bicyclic) bond motifs is 15. The van der Waals surface area contributed by atoms with Gasteiger partial charge in [0.1, 0.15) is 11.4 Å². The molecule has 6 aliphatic rings. The van der Waals surface area contributed by atoms with E-state index in [2.05, 4.69) is 9.98 Å². The van der Waals surface area contributed by atoms with Crippen LogP contribution in [0.25, 0.3) is 0 Å². The Labute approximate surface area is 240 Å². The van der Waals surface area contributed by atoms with Crippen molar-refractivity contribution in [3.8, 4) is 0 Å². The Morgan fingerprint density at radius 3 is 1.43 bits per heavy atom. The Bertz CT molecular complexity index is 2120. The Hall–Kier alpha value is -5.90. The third-order valence-corrected chi connectivity index (χ3v) is 7.92. The molecule has 0 saturated heterocycles. The topological polar surface area (TPSA) is 109 Å². The highest BCUT2D eigenvalue weighted by molar-refractivity contribution is 6.31. The number of hydrogen-bond acceptors (Lipinski definition) is 8. The van der Waals surface area contributed by atoms with Crippen LogP contribution in [0.1, 0.15) is 33.4 Å². The highest BCUT2D eigenvalue weighted by Crippen LogP contribution is 2.30. The zero-order valence-corrected chi connectivity index (χ0v) is 22.7. The molecule has 0 fully saturated rings. The maximum atomic E-state index is 5.08. The van der Waals surface area contributed by atoms with E-state index in [1.165, 1.54) is 0 Å². The summed E-state index contributed by atoms with van der Waals surface area (Å²) in [5.41, 5.74) is 7.36. The number of likely N-dealkylation sites (N-methyl/N-ethyl adjacent to an activating group) is 2. The normalized spacial score (nSPS) is 19.1. The standard InChI is InChI=1S/C32H20N10/c1-41-15-16-42(2)24-23(41)31-38-29-21-13-7-5-11-19(21)27(36-29)34-25-17-9-3-4-10-18(17)26(33-25)35-28-20-12-6-8-14-22(20)30(37-28)39-32(24)40-31/h3-16H,1-2H3/p+2. The van der Waals surface area contributed by atoms with E-state index >= 15 is 0 Å². The van der Waals surface area contributed by atoms with Crippen LogP contribution in [0.5, 0.6) is 0 Å². The minimum atomic E-state index is 0.540. The molecule has 2 N–H and O–H groups in total. The van der Waals surface area contributed by atoms with Crippen molar-refractivity contribution >= 4 is 46.7 Å². The van der Waals surface area contributed by atoms with Gasteiger partial charge in [0.2, 0.25) is 5.84 Å². The summed E-state index contributed by atoms with van der Waals surface area (Å²) in [4.78, 5) is 41.1. The lowest BCUT2D eigenvalue weighted by Gasteiger charge is -2.26. The van der Waals surface area contributed by atoms with E-state index in [1.807, 2.05) is 109 Å². The molecule has 3 aromatic rings. The van der Waals surface area contributed by atoms with E-state index in [9.17, 15) is 0 Å². The van der Waals surface area contributed by atoms with Gasteiger partial charge in [0, 0.05) is 37.6 Å². The summed E-state index contributed by atoms with van der Waals surface area (Å²) in [7, 11) is 3.98. The number of hydrogen-bond donors (Lipinski definition) is 2. The van der Waals surface area contributed by atoms with Crippen molar-refractivity contribution < 1.29 is 9.98 Å². The summed E-state index contributed by atoms with van der Waals surface area (Å²) in [6, 6.07) is 24.2. The number of aliphatic imine (C=N–C) groups is 6. The molecule has 0 radical (unpaired) electrons. The van der Waals surface area contributed by atoms with Crippen LogP contribution in [-0.4, -0.2) is 70.6 Å². The molecule has 0 aliphatic carbocycles. The molecule has 9 rings (SSSR count). The first-order chi connectivity index (χ1) is 20.6. The van der Waals surface area contributed by atoms with E-state index in [4.69, 9.17) is 30.0 Å². The first-order valence-corrected chi connectivity index (χ1v) is 13.6. The van der Waals surface area contributed by atoms with Gasteiger partial charge >= 0.3 is 0 Å². The van der Waals surface area contributed by atoms with E-state index in [-0.39, 0.29) is 0 Å². The first-order valence-electron chi connectivity index (χ1n) is 13.6. The molecule has 0 unspecified atom stereocenters. The van der Waals surface area contributed by atoms with Crippen LogP contribution in [0, 0.1) is 0 Å². The quantitative estimate of drug-likeness (QED) is 0.419. The summed E-state index contributed by atoms with van der Waals surface area (Å²) in [6.45, 7) is 0. The monoisotopic (exact) mass is 546 g/mol. The minimum absolute atomic E-state index is 0.540. The van der Waals surface area contributed by atoms with Crippen LogP contribution in [0.4, 0.5) is 0 Å². The van der Waals surface area contributed by atoms with Crippen molar-refractivity contribution in [2.75, 3.05) is 14.1 Å². The van der Waals surface area contributed by atoms with Crippen molar-refractivity contribution in [3.05, 3.63) is 130 Å². The third kappa shape index (κ3) is 3.20.